The summed E-state index contributed by atoms with van der Waals surface area (Å²) in [7, 11) is 1.49. The highest BCUT2D eigenvalue weighted by molar-refractivity contribution is 7.16. The number of methoxy groups -OCH3 is 1. The van der Waals surface area contributed by atoms with Crippen molar-refractivity contribution in [2.45, 2.75) is 13.0 Å². The van der Waals surface area contributed by atoms with Crippen LogP contribution in [0.25, 0.3) is 0 Å². The van der Waals surface area contributed by atoms with Gasteiger partial charge in [0, 0.05) is 23.4 Å². The molecule has 0 saturated carbocycles. The minimum absolute atomic E-state index is 0.0434. The summed E-state index contributed by atoms with van der Waals surface area (Å²) < 4.78 is 5.57. The summed E-state index contributed by atoms with van der Waals surface area (Å²) in [6.45, 7) is 2.11. The van der Waals surface area contributed by atoms with Gasteiger partial charge in [-0.3, -0.25) is 4.79 Å². The number of halogens is 1. The summed E-state index contributed by atoms with van der Waals surface area (Å²) in [5.74, 6) is -0.173. The third-order valence-electron chi connectivity index (χ3n) is 2.83. The molecule has 1 heterocycles. The van der Waals surface area contributed by atoms with E-state index in [-0.39, 0.29) is 18.6 Å². The molecule has 1 aromatic carbocycles. The van der Waals surface area contributed by atoms with Crippen molar-refractivity contribution in [2.75, 3.05) is 24.4 Å². The zero-order valence-corrected chi connectivity index (χ0v) is 13.4. The number of rotatable bonds is 6. The Hall–Kier alpha value is -1.56. The lowest BCUT2D eigenvalue weighted by molar-refractivity contribution is -0.119. The molecule has 112 valence electrons. The van der Waals surface area contributed by atoms with E-state index in [1.165, 1.54) is 7.11 Å². The predicted molar refractivity (Wildman–Crippen MR) is 88.3 cm³/mol. The van der Waals surface area contributed by atoms with Crippen LogP contribution in [0.3, 0.4) is 0 Å². The van der Waals surface area contributed by atoms with Crippen molar-refractivity contribution in [1.82, 2.24) is 0 Å². The van der Waals surface area contributed by atoms with Gasteiger partial charge >= 0.3 is 0 Å². The lowest BCUT2D eigenvalue weighted by Gasteiger charge is -2.14. The maximum absolute atomic E-state index is 11.5. The second kappa shape index (κ2) is 7.45. The van der Waals surface area contributed by atoms with Crippen LogP contribution in [-0.2, 0) is 9.53 Å². The first-order chi connectivity index (χ1) is 10.1. The molecule has 2 rings (SSSR count). The van der Waals surface area contributed by atoms with Crippen LogP contribution in [-0.4, -0.2) is 19.6 Å². The monoisotopic (exact) mass is 324 g/mol. The molecule has 21 heavy (non-hydrogen) atoms. The molecule has 0 spiro atoms. The SMILES string of the molecule is COCC(=O)Nc1cccc(NC(C)c2ccc(Cl)s2)c1. The Morgan fingerprint density at radius 1 is 1.33 bits per heavy atom. The number of nitrogens with one attached hydrogen (secondary N) is 2. The number of benzene rings is 1. The van der Waals surface area contributed by atoms with Gasteiger partial charge in [-0.05, 0) is 37.3 Å². The van der Waals surface area contributed by atoms with Crippen molar-refractivity contribution in [3.05, 3.63) is 45.6 Å². The molecule has 1 amide bonds. The second-order valence-electron chi connectivity index (χ2n) is 4.57. The third kappa shape index (κ3) is 4.74. The number of anilines is 2. The lowest BCUT2D eigenvalue weighted by Crippen LogP contribution is -2.17. The minimum Gasteiger partial charge on any atom is -0.378 e. The number of amides is 1. The average Bonchev–Trinajstić information content (AvgIpc) is 2.86. The summed E-state index contributed by atoms with van der Waals surface area (Å²) in [5, 5.41) is 6.16. The second-order valence-corrected chi connectivity index (χ2v) is 6.32. The van der Waals surface area contributed by atoms with Crippen LogP contribution < -0.4 is 10.6 Å². The van der Waals surface area contributed by atoms with E-state index in [9.17, 15) is 4.79 Å². The molecule has 1 aromatic heterocycles. The quantitative estimate of drug-likeness (QED) is 0.839. The standard InChI is InChI=1S/C15H17ClN2O2S/c1-10(13-6-7-14(16)21-13)17-11-4-3-5-12(8-11)18-15(19)9-20-2/h3-8,10,17H,9H2,1-2H3,(H,18,19). The van der Waals surface area contributed by atoms with Crippen LogP contribution in [0.15, 0.2) is 36.4 Å². The summed E-state index contributed by atoms with van der Waals surface area (Å²) in [5.41, 5.74) is 1.67. The van der Waals surface area contributed by atoms with Crippen LogP contribution in [0, 0.1) is 0 Å². The van der Waals surface area contributed by atoms with Crippen molar-refractivity contribution < 1.29 is 9.53 Å². The number of carbonyl (C=O) groups is 1. The molecule has 6 heteroatoms. The van der Waals surface area contributed by atoms with Gasteiger partial charge in [0.1, 0.15) is 6.61 Å². The van der Waals surface area contributed by atoms with Crippen molar-refractivity contribution in [2.24, 2.45) is 0 Å². The number of hydrogen-bond donors (Lipinski definition) is 2. The van der Waals surface area contributed by atoms with E-state index >= 15 is 0 Å². The molecular weight excluding hydrogens is 308 g/mol. The van der Waals surface area contributed by atoms with Crippen molar-refractivity contribution in [3.8, 4) is 0 Å². The fraction of sp³-hybridized carbons (Fsp3) is 0.267. The Balaban J connectivity index is 2.02. The van der Waals surface area contributed by atoms with Crippen LogP contribution >= 0.6 is 22.9 Å². The highest BCUT2D eigenvalue weighted by Gasteiger charge is 2.09. The Morgan fingerprint density at radius 3 is 2.76 bits per heavy atom. The van der Waals surface area contributed by atoms with Crippen molar-refractivity contribution in [1.29, 1.82) is 0 Å². The molecule has 1 atom stereocenters. The summed E-state index contributed by atoms with van der Waals surface area (Å²) in [6, 6.07) is 11.6. The molecule has 2 N–H and O–H groups in total. The van der Waals surface area contributed by atoms with E-state index in [1.807, 2.05) is 36.4 Å². The molecule has 0 aliphatic heterocycles. The van der Waals surface area contributed by atoms with Gasteiger partial charge in [0.25, 0.3) is 0 Å². The van der Waals surface area contributed by atoms with E-state index < -0.39 is 0 Å². The van der Waals surface area contributed by atoms with Gasteiger partial charge in [0.2, 0.25) is 5.91 Å². The third-order valence-corrected chi connectivity index (χ3v) is 4.24. The fourth-order valence-corrected chi connectivity index (χ4v) is 2.96. The number of hydrogen-bond acceptors (Lipinski definition) is 4. The van der Waals surface area contributed by atoms with Crippen molar-refractivity contribution in [3.63, 3.8) is 0 Å². The maximum atomic E-state index is 11.5. The maximum Gasteiger partial charge on any atom is 0.250 e. The molecule has 0 aliphatic rings. The molecule has 1 unspecified atom stereocenters. The highest BCUT2D eigenvalue weighted by atomic mass is 35.5. The molecule has 0 radical (unpaired) electrons. The number of thiophene rings is 1. The van der Waals surface area contributed by atoms with E-state index in [0.29, 0.717) is 0 Å². The lowest BCUT2D eigenvalue weighted by atomic mass is 10.2. The van der Waals surface area contributed by atoms with Gasteiger partial charge in [0.15, 0.2) is 0 Å². The topological polar surface area (TPSA) is 50.4 Å². The highest BCUT2D eigenvalue weighted by Crippen LogP contribution is 2.29. The molecule has 0 saturated heterocycles. The molecule has 0 aliphatic carbocycles. The average molecular weight is 325 g/mol. The molecule has 4 nitrogen and oxygen atoms in total. The van der Waals surface area contributed by atoms with Crippen LogP contribution in [0.2, 0.25) is 4.34 Å². The Labute approximate surface area is 133 Å². The Kier molecular flexibility index (Phi) is 5.61. The first kappa shape index (κ1) is 15.8. The van der Waals surface area contributed by atoms with Crippen LogP contribution in [0.5, 0.6) is 0 Å². The number of carbonyl (C=O) groups excluding carboxylic acids is 1. The predicted octanol–water partition coefficient (Wildman–Crippen LogP) is 4.16. The zero-order valence-electron chi connectivity index (χ0n) is 11.9. The largest absolute Gasteiger partial charge is 0.378 e. The van der Waals surface area contributed by atoms with Gasteiger partial charge < -0.3 is 15.4 Å². The first-order valence-corrected chi connectivity index (χ1v) is 7.68. The molecule has 0 bridgehead atoms. The van der Waals surface area contributed by atoms with Crippen LogP contribution in [0.1, 0.15) is 17.8 Å². The van der Waals surface area contributed by atoms with Gasteiger partial charge in [-0.2, -0.15) is 0 Å². The fourth-order valence-electron chi connectivity index (χ4n) is 1.90. The van der Waals surface area contributed by atoms with Crippen LogP contribution in [0.4, 0.5) is 11.4 Å². The van der Waals surface area contributed by atoms with E-state index in [1.54, 1.807) is 11.3 Å². The van der Waals surface area contributed by atoms with E-state index in [2.05, 4.69) is 17.6 Å². The summed E-state index contributed by atoms with van der Waals surface area (Å²) in [4.78, 5) is 12.7. The van der Waals surface area contributed by atoms with Crippen molar-refractivity contribution >= 4 is 40.2 Å². The van der Waals surface area contributed by atoms with Gasteiger partial charge in [-0.1, -0.05) is 17.7 Å². The molecular formula is C15H17ClN2O2S. The first-order valence-electron chi connectivity index (χ1n) is 6.49. The summed E-state index contributed by atoms with van der Waals surface area (Å²) >= 11 is 7.50. The smallest absolute Gasteiger partial charge is 0.250 e. The zero-order chi connectivity index (χ0) is 15.2. The Bertz CT molecular complexity index is 615. The Morgan fingerprint density at radius 2 is 2.10 bits per heavy atom. The molecule has 2 aromatic rings. The normalized spacial score (nSPS) is 12.0. The molecule has 0 fully saturated rings. The van der Waals surface area contributed by atoms with Gasteiger partial charge in [-0.15, -0.1) is 11.3 Å². The number of ether oxygens (including phenoxy) is 1. The summed E-state index contributed by atoms with van der Waals surface area (Å²) in [6.07, 6.45) is 0. The van der Waals surface area contributed by atoms with E-state index in [4.69, 9.17) is 16.3 Å². The van der Waals surface area contributed by atoms with Gasteiger partial charge in [0.05, 0.1) is 10.4 Å². The minimum atomic E-state index is -0.173. The van der Waals surface area contributed by atoms with E-state index in [0.717, 1.165) is 20.6 Å². The van der Waals surface area contributed by atoms with Gasteiger partial charge in [-0.25, -0.2) is 0 Å².